The Morgan fingerprint density at radius 2 is 1.70 bits per heavy atom. The van der Waals surface area contributed by atoms with Crippen molar-refractivity contribution in [2.75, 3.05) is 13.1 Å². The Bertz CT molecular complexity index is 536. The van der Waals surface area contributed by atoms with Crippen LogP contribution in [0.2, 0.25) is 0 Å². The molecule has 0 aromatic carbocycles. The van der Waals surface area contributed by atoms with Gasteiger partial charge in [-0.3, -0.25) is 9.59 Å². The van der Waals surface area contributed by atoms with Crippen LogP contribution in [-0.2, 0) is 9.59 Å². The Morgan fingerprint density at radius 1 is 1.17 bits per heavy atom. The third-order valence-corrected chi connectivity index (χ3v) is 5.91. The number of amides is 2. The maximum Gasteiger partial charge on any atom is 0.471 e. The van der Waals surface area contributed by atoms with E-state index in [1.54, 1.807) is 25.7 Å². The third kappa shape index (κ3) is 2.83. The van der Waals surface area contributed by atoms with E-state index >= 15 is 0 Å². The number of hydrogen-bond donors (Lipinski definition) is 1. The molecule has 2 aliphatic rings. The Hall–Kier alpha value is -1.27. The van der Waals surface area contributed by atoms with Crippen LogP contribution in [-0.4, -0.2) is 42.0 Å². The molecule has 1 saturated carbocycles. The molecule has 3 atom stereocenters. The van der Waals surface area contributed by atoms with Crippen LogP contribution in [0.15, 0.2) is 0 Å². The lowest BCUT2D eigenvalue weighted by atomic mass is 9.85. The molecule has 4 nitrogen and oxygen atoms in total. The van der Waals surface area contributed by atoms with E-state index in [2.05, 4.69) is 20.8 Å². The van der Waals surface area contributed by atoms with Gasteiger partial charge in [-0.15, -0.1) is 0 Å². The van der Waals surface area contributed by atoms with E-state index in [1.165, 1.54) is 0 Å². The molecule has 1 saturated heterocycles. The number of carbonyl (C=O) groups excluding carboxylic acids is 2. The quantitative estimate of drug-likeness (QED) is 0.844. The lowest BCUT2D eigenvalue weighted by Crippen LogP contribution is -2.57. The smallest absolute Gasteiger partial charge is 0.340 e. The van der Waals surface area contributed by atoms with E-state index in [-0.39, 0.29) is 10.8 Å². The van der Waals surface area contributed by atoms with Gasteiger partial charge in [-0.05, 0) is 22.2 Å². The summed E-state index contributed by atoms with van der Waals surface area (Å²) in [4.78, 5) is 25.6. The summed E-state index contributed by atoms with van der Waals surface area (Å²) in [6, 6.07) is -1.19. The van der Waals surface area contributed by atoms with Crippen molar-refractivity contribution in [1.29, 1.82) is 0 Å². The van der Waals surface area contributed by atoms with Gasteiger partial charge in [-0.1, -0.05) is 41.5 Å². The minimum atomic E-state index is -5.00. The van der Waals surface area contributed by atoms with Crippen molar-refractivity contribution in [3.8, 4) is 0 Å². The van der Waals surface area contributed by atoms with Crippen molar-refractivity contribution in [3.05, 3.63) is 0 Å². The molecule has 23 heavy (non-hydrogen) atoms. The van der Waals surface area contributed by atoms with E-state index in [0.717, 1.165) is 0 Å². The van der Waals surface area contributed by atoms with Crippen LogP contribution < -0.4 is 5.32 Å². The standard InChI is InChI=1S/C16H25F3N2O2/c1-13(2,3)10(20-12(23)16(17,18)19)11(22)21-7-9-14(4,5)15(9,6)8-21/h9-10H,7-8H2,1-6H3,(H,20,23)/t9-,10-,15-/m1/s1. The van der Waals surface area contributed by atoms with Crippen molar-refractivity contribution in [2.45, 2.75) is 53.8 Å². The molecular formula is C16H25F3N2O2. The number of halogens is 3. The molecule has 2 rings (SSSR count). The highest BCUT2D eigenvalue weighted by molar-refractivity contribution is 5.90. The Balaban J connectivity index is 2.13. The van der Waals surface area contributed by atoms with Crippen LogP contribution in [0.3, 0.4) is 0 Å². The molecule has 1 N–H and O–H groups in total. The maximum absolute atomic E-state index is 12.7. The number of rotatable bonds is 2. The molecule has 7 heteroatoms. The van der Waals surface area contributed by atoms with Crippen molar-refractivity contribution < 1.29 is 22.8 Å². The lowest BCUT2D eigenvalue weighted by molar-refractivity contribution is -0.176. The summed E-state index contributed by atoms with van der Waals surface area (Å²) in [5.74, 6) is -2.14. The Kier molecular flexibility index (Phi) is 3.82. The van der Waals surface area contributed by atoms with Gasteiger partial charge in [0, 0.05) is 13.1 Å². The zero-order chi connectivity index (χ0) is 18.0. The van der Waals surface area contributed by atoms with Gasteiger partial charge in [0.2, 0.25) is 5.91 Å². The first-order valence-electron chi connectivity index (χ1n) is 7.79. The fourth-order valence-corrected chi connectivity index (χ4v) is 3.83. The molecule has 0 radical (unpaired) electrons. The molecule has 1 aliphatic heterocycles. The third-order valence-electron chi connectivity index (χ3n) is 5.91. The molecule has 132 valence electrons. The molecular weight excluding hydrogens is 309 g/mol. The lowest BCUT2D eigenvalue weighted by Gasteiger charge is -2.35. The van der Waals surface area contributed by atoms with Crippen LogP contribution in [0, 0.1) is 22.2 Å². The van der Waals surface area contributed by atoms with Crippen LogP contribution >= 0.6 is 0 Å². The highest BCUT2D eigenvalue weighted by atomic mass is 19.4. The summed E-state index contributed by atoms with van der Waals surface area (Å²) in [6.07, 6.45) is -5.00. The number of piperidine rings is 1. The van der Waals surface area contributed by atoms with Gasteiger partial charge >= 0.3 is 12.1 Å². The van der Waals surface area contributed by atoms with Gasteiger partial charge in [0.25, 0.3) is 0 Å². The Labute approximate surface area is 134 Å². The molecule has 0 bridgehead atoms. The molecule has 1 heterocycles. The van der Waals surface area contributed by atoms with Crippen molar-refractivity contribution >= 4 is 11.8 Å². The predicted octanol–water partition coefficient (Wildman–Crippen LogP) is 2.58. The van der Waals surface area contributed by atoms with E-state index in [1.807, 2.05) is 5.32 Å². The van der Waals surface area contributed by atoms with Crippen LogP contribution in [0.5, 0.6) is 0 Å². The van der Waals surface area contributed by atoms with Crippen LogP contribution in [0.25, 0.3) is 0 Å². The normalized spacial score (nSPS) is 30.7. The largest absolute Gasteiger partial charge is 0.471 e. The van der Waals surface area contributed by atoms with E-state index in [9.17, 15) is 22.8 Å². The zero-order valence-corrected chi connectivity index (χ0v) is 14.5. The van der Waals surface area contributed by atoms with Gasteiger partial charge in [-0.2, -0.15) is 13.2 Å². The second kappa shape index (κ2) is 4.86. The predicted molar refractivity (Wildman–Crippen MR) is 79.4 cm³/mol. The van der Waals surface area contributed by atoms with Gasteiger partial charge in [0.15, 0.2) is 0 Å². The summed E-state index contributed by atoms with van der Waals surface area (Å²) < 4.78 is 37.6. The molecule has 2 amide bonds. The highest BCUT2D eigenvalue weighted by Crippen LogP contribution is 2.71. The second-order valence-electron chi connectivity index (χ2n) is 8.68. The first-order valence-corrected chi connectivity index (χ1v) is 7.79. The summed E-state index contributed by atoms with van der Waals surface area (Å²) in [6.45, 7) is 12.4. The fraction of sp³-hybridized carbons (Fsp3) is 0.875. The van der Waals surface area contributed by atoms with Crippen LogP contribution in [0.1, 0.15) is 41.5 Å². The minimum Gasteiger partial charge on any atom is -0.340 e. The number of hydrogen-bond acceptors (Lipinski definition) is 2. The van der Waals surface area contributed by atoms with Crippen LogP contribution in [0.4, 0.5) is 13.2 Å². The zero-order valence-electron chi connectivity index (χ0n) is 14.5. The first-order chi connectivity index (χ1) is 10.1. The monoisotopic (exact) mass is 334 g/mol. The fourth-order valence-electron chi connectivity index (χ4n) is 3.83. The average molecular weight is 334 g/mol. The SMILES string of the molecule is CC(C)(C)[C@H](NC(=O)C(F)(F)F)C(=O)N1C[C@@H]2C(C)(C)[C@]2(C)C1. The van der Waals surface area contributed by atoms with Gasteiger partial charge in [0.1, 0.15) is 6.04 Å². The number of carbonyl (C=O) groups is 2. The maximum atomic E-state index is 12.7. The first kappa shape index (κ1) is 18.1. The summed E-state index contributed by atoms with van der Waals surface area (Å²) in [5, 5.41) is 1.88. The number of alkyl halides is 3. The van der Waals surface area contributed by atoms with E-state index in [0.29, 0.717) is 19.0 Å². The molecule has 2 fully saturated rings. The molecule has 0 unspecified atom stereocenters. The number of nitrogens with one attached hydrogen (secondary N) is 1. The summed E-state index contributed by atoms with van der Waals surface area (Å²) in [7, 11) is 0. The average Bonchev–Trinajstić information content (AvgIpc) is 2.69. The summed E-state index contributed by atoms with van der Waals surface area (Å²) in [5.41, 5.74) is -0.642. The molecule has 0 spiro atoms. The number of likely N-dealkylation sites (tertiary alicyclic amines) is 1. The van der Waals surface area contributed by atoms with Crippen molar-refractivity contribution in [2.24, 2.45) is 22.2 Å². The minimum absolute atomic E-state index is 0.0130. The molecule has 0 aromatic heterocycles. The number of nitrogens with zero attached hydrogens (tertiary/aromatic N) is 1. The topological polar surface area (TPSA) is 49.4 Å². The van der Waals surface area contributed by atoms with Crippen molar-refractivity contribution in [1.82, 2.24) is 10.2 Å². The van der Waals surface area contributed by atoms with Gasteiger partial charge < -0.3 is 10.2 Å². The van der Waals surface area contributed by atoms with E-state index < -0.39 is 29.4 Å². The van der Waals surface area contributed by atoms with Gasteiger partial charge in [-0.25, -0.2) is 0 Å². The molecule has 0 aromatic rings. The molecule has 1 aliphatic carbocycles. The highest BCUT2D eigenvalue weighted by Gasteiger charge is 2.72. The Morgan fingerprint density at radius 3 is 2.04 bits per heavy atom. The van der Waals surface area contributed by atoms with Gasteiger partial charge in [0.05, 0.1) is 0 Å². The van der Waals surface area contributed by atoms with E-state index in [4.69, 9.17) is 0 Å². The summed E-state index contributed by atoms with van der Waals surface area (Å²) >= 11 is 0. The second-order valence-corrected chi connectivity index (χ2v) is 8.68. The van der Waals surface area contributed by atoms with Crippen molar-refractivity contribution in [3.63, 3.8) is 0 Å². The number of fused-ring (bicyclic) bond motifs is 1.